The molecule has 4 nitrogen and oxygen atoms in total. The molecule has 1 atom stereocenters. The third-order valence-electron chi connectivity index (χ3n) is 2.53. The van der Waals surface area contributed by atoms with Crippen molar-refractivity contribution in [3.8, 4) is 0 Å². The van der Waals surface area contributed by atoms with E-state index in [0.717, 1.165) is 12.1 Å². The zero-order valence-electron chi connectivity index (χ0n) is 10.8. The molecule has 0 amide bonds. The largest absolute Gasteiger partial charge is 0.465 e. The molecule has 0 bridgehead atoms. The molecule has 0 saturated carbocycles. The summed E-state index contributed by atoms with van der Waals surface area (Å²) in [7, 11) is 1.36. The lowest BCUT2D eigenvalue weighted by atomic mass is 10.2. The van der Waals surface area contributed by atoms with Crippen LogP contribution in [0.5, 0.6) is 0 Å². The van der Waals surface area contributed by atoms with E-state index in [9.17, 15) is 4.79 Å². The van der Waals surface area contributed by atoms with E-state index in [1.165, 1.54) is 7.11 Å². The first-order valence-corrected chi connectivity index (χ1v) is 6.23. The van der Waals surface area contributed by atoms with Gasteiger partial charge in [-0.05, 0) is 43.8 Å². The molecular formula is C13H18N2O2S. The van der Waals surface area contributed by atoms with Gasteiger partial charge in [-0.15, -0.1) is 0 Å². The average molecular weight is 266 g/mol. The van der Waals surface area contributed by atoms with Gasteiger partial charge in [0.05, 0.1) is 12.7 Å². The fraction of sp³-hybridized carbons (Fsp3) is 0.385. The molecular weight excluding hydrogens is 248 g/mol. The number of anilines is 1. The molecule has 0 aliphatic carbocycles. The molecule has 1 aromatic rings. The van der Waals surface area contributed by atoms with Crippen molar-refractivity contribution in [1.29, 1.82) is 0 Å². The van der Waals surface area contributed by atoms with Crippen molar-refractivity contribution in [1.82, 2.24) is 5.32 Å². The topological polar surface area (TPSA) is 50.4 Å². The summed E-state index contributed by atoms with van der Waals surface area (Å²) in [6, 6.07) is 7.34. The van der Waals surface area contributed by atoms with E-state index in [2.05, 4.69) is 29.2 Å². The number of hydrogen-bond acceptors (Lipinski definition) is 3. The molecule has 2 N–H and O–H groups in total. The summed E-state index contributed by atoms with van der Waals surface area (Å²) >= 11 is 5.18. The van der Waals surface area contributed by atoms with E-state index in [1.54, 1.807) is 18.2 Å². The number of ether oxygens (including phenoxy) is 1. The zero-order chi connectivity index (χ0) is 13.5. The highest BCUT2D eigenvalue weighted by molar-refractivity contribution is 7.80. The first kappa shape index (κ1) is 14.4. The molecule has 0 fully saturated rings. The lowest BCUT2D eigenvalue weighted by Gasteiger charge is -2.15. The lowest BCUT2D eigenvalue weighted by molar-refractivity contribution is 0.0601. The molecule has 1 aromatic carbocycles. The number of rotatable bonds is 4. The number of carbonyl (C=O) groups is 1. The summed E-state index contributed by atoms with van der Waals surface area (Å²) in [6.07, 6.45) is 0.990. The van der Waals surface area contributed by atoms with Gasteiger partial charge < -0.3 is 15.4 Å². The van der Waals surface area contributed by atoms with E-state index >= 15 is 0 Å². The third-order valence-corrected chi connectivity index (χ3v) is 2.75. The molecule has 1 rings (SSSR count). The van der Waals surface area contributed by atoms with Gasteiger partial charge in [0.1, 0.15) is 0 Å². The van der Waals surface area contributed by atoms with Gasteiger partial charge in [0.15, 0.2) is 5.11 Å². The van der Waals surface area contributed by atoms with E-state index in [4.69, 9.17) is 12.2 Å². The van der Waals surface area contributed by atoms with Crippen LogP contribution in [-0.4, -0.2) is 24.2 Å². The highest BCUT2D eigenvalue weighted by Gasteiger charge is 2.07. The maximum absolute atomic E-state index is 11.4. The van der Waals surface area contributed by atoms with Gasteiger partial charge in [-0.25, -0.2) is 4.79 Å². The Morgan fingerprint density at radius 1 is 1.50 bits per heavy atom. The van der Waals surface area contributed by atoms with Crippen molar-refractivity contribution in [2.45, 2.75) is 26.3 Å². The molecule has 0 spiro atoms. The summed E-state index contributed by atoms with van der Waals surface area (Å²) < 4.78 is 4.66. The van der Waals surface area contributed by atoms with Crippen LogP contribution in [0.25, 0.3) is 0 Å². The monoisotopic (exact) mass is 266 g/mol. The molecule has 0 aromatic heterocycles. The minimum atomic E-state index is -0.362. The van der Waals surface area contributed by atoms with Crippen molar-refractivity contribution in [3.05, 3.63) is 29.8 Å². The maximum atomic E-state index is 11.4. The summed E-state index contributed by atoms with van der Waals surface area (Å²) in [5.41, 5.74) is 1.26. The lowest BCUT2D eigenvalue weighted by Crippen LogP contribution is -2.35. The van der Waals surface area contributed by atoms with Gasteiger partial charge in [-0.2, -0.15) is 0 Å². The number of benzene rings is 1. The van der Waals surface area contributed by atoms with Crippen LogP contribution in [0.4, 0.5) is 5.69 Å². The van der Waals surface area contributed by atoms with Crippen LogP contribution in [0.3, 0.4) is 0 Å². The van der Waals surface area contributed by atoms with Crippen LogP contribution in [0, 0.1) is 0 Å². The highest BCUT2D eigenvalue weighted by atomic mass is 32.1. The van der Waals surface area contributed by atoms with E-state index < -0.39 is 0 Å². The minimum absolute atomic E-state index is 0.314. The Hall–Kier alpha value is -1.62. The Balaban J connectivity index is 2.67. The van der Waals surface area contributed by atoms with Crippen LogP contribution in [0.1, 0.15) is 30.6 Å². The average Bonchev–Trinajstić information content (AvgIpc) is 2.37. The van der Waals surface area contributed by atoms with Crippen molar-refractivity contribution in [3.63, 3.8) is 0 Å². The number of carbonyl (C=O) groups excluding carboxylic acids is 1. The fourth-order valence-electron chi connectivity index (χ4n) is 1.33. The second-order valence-corrected chi connectivity index (χ2v) is 4.39. The molecule has 0 heterocycles. The van der Waals surface area contributed by atoms with Crippen LogP contribution in [-0.2, 0) is 4.74 Å². The van der Waals surface area contributed by atoms with Crippen molar-refractivity contribution in [2.75, 3.05) is 12.4 Å². The Kier molecular flexibility index (Phi) is 5.58. The van der Waals surface area contributed by atoms with Crippen molar-refractivity contribution in [2.24, 2.45) is 0 Å². The highest BCUT2D eigenvalue weighted by Crippen LogP contribution is 2.11. The number of hydrogen-bond donors (Lipinski definition) is 2. The molecule has 0 aliphatic heterocycles. The van der Waals surface area contributed by atoms with Crippen molar-refractivity contribution < 1.29 is 9.53 Å². The van der Waals surface area contributed by atoms with Crippen LogP contribution >= 0.6 is 12.2 Å². The molecule has 0 saturated heterocycles. The van der Waals surface area contributed by atoms with Gasteiger partial charge >= 0.3 is 5.97 Å². The zero-order valence-corrected chi connectivity index (χ0v) is 11.6. The Morgan fingerprint density at radius 2 is 2.22 bits per heavy atom. The molecule has 98 valence electrons. The van der Waals surface area contributed by atoms with E-state index in [0.29, 0.717) is 16.7 Å². The van der Waals surface area contributed by atoms with Crippen molar-refractivity contribution >= 4 is 29.0 Å². The molecule has 0 radical (unpaired) electrons. The number of thiocarbonyl (C=S) groups is 1. The Labute approximate surface area is 113 Å². The van der Waals surface area contributed by atoms with Gasteiger partial charge in [0.2, 0.25) is 0 Å². The Morgan fingerprint density at radius 3 is 2.83 bits per heavy atom. The van der Waals surface area contributed by atoms with Crippen LogP contribution < -0.4 is 10.6 Å². The van der Waals surface area contributed by atoms with E-state index in [1.807, 2.05) is 6.07 Å². The quantitative estimate of drug-likeness (QED) is 0.648. The smallest absolute Gasteiger partial charge is 0.337 e. The molecule has 5 heteroatoms. The SMILES string of the molecule is CCC(C)NC(=S)Nc1cccc(C(=O)OC)c1. The van der Waals surface area contributed by atoms with Gasteiger partial charge in [0.25, 0.3) is 0 Å². The number of nitrogens with one attached hydrogen (secondary N) is 2. The predicted molar refractivity (Wildman–Crippen MR) is 76.9 cm³/mol. The Bertz CT molecular complexity index is 435. The first-order valence-electron chi connectivity index (χ1n) is 5.82. The standard InChI is InChI=1S/C13H18N2O2S/c1-4-9(2)14-13(18)15-11-7-5-6-10(8-11)12(16)17-3/h5-9H,4H2,1-3H3,(H2,14,15,18). The predicted octanol–water partition coefficient (Wildman–Crippen LogP) is 2.56. The molecule has 0 aliphatic rings. The summed E-state index contributed by atoms with van der Waals surface area (Å²) in [6.45, 7) is 4.14. The van der Waals surface area contributed by atoms with Crippen LogP contribution in [0.15, 0.2) is 24.3 Å². The number of esters is 1. The summed E-state index contributed by atoms with van der Waals surface area (Å²) in [5, 5.41) is 6.73. The second-order valence-electron chi connectivity index (χ2n) is 3.98. The van der Waals surface area contributed by atoms with Gasteiger partial charge in [-0.3, -0.25) is 0 Å². The second kappa shape index (κ2) is 6.96. The number of methoxy groups -OCH3 is 1. The summed E-state index contributed by atoms with van der Waals surface area (Å²) in [5.74, 6) is -0.362. The normalized spacial score (nSPS) is 11.5. The minimum Gasteiger partial charge on any atom is -0.465 e. The van der Waals surface area contributed by atoms with Gasteiger partial charge in [0, 0.05) is 11.7 Å². The third kappa shape index (κ3) is 4.33. The molecule has 18 heavy (non-hydrogen) atoms. The summed E-state index contributed by atoms with van der Waals surface area (Å²) in [4.78, 5) is 11.4. The first-order chi connectivity index (χ1) is 8.56. The van der Waals surface area contributed by atoms with E-state index in [-0.39, 0.29) is 5.97 Å². The van der Waals surface area contributed by atoms with Gasteiger partial charge in [-0.1, -0.05) is 13.0 Å². The maximum Gasteiger partial charge on any atom is 0.337 e. The molecule has 1 unspecified atom stereocenters. The van der Waals surface area contributed by atoms with Crippen LogP contribution in [0.2, 0.25) is 0 Å². The fourth-order valence-corrected chi connectivity index (χ4v) is 1.65.